The first kappa shape index (κ1) is 15.5. The molecule has 1 atom stereocenters. The maximum Gasteiger partial charge on any atom is 0.295 e. The second-order valence-electron chi connectivity index (χ2n) is 5.10. The molecule has 1 aromatic rings. The number of likely N-dealkylation sites (tertiary alicyclic amines) is 1. The number of hydrogen-bond acceptors (Lipinski definition) is 5. The van der Waals surface area contributed by atoms with Gasteiger partial charge in [0.05, 0.1) is 9.95 Å². The van der Waals surface area contributed by atoms with Crippen LogP contribution >= 0.6 is 11.6 Å². The van der Waals surface area contributed by atoms with Crippen molar-refractivity contribution >= 4 is 28.9 Å². The quantitative estimate of drug-likeness (QED) is 0.507. The fourth-order valence-corrected chi connectivity index (χ4v) is 2.84. The van der Waals surface area contributed by atoms with Crippen molar-refractivity contribution in [3.63, 3.8) is 0 Å². The van der Waals surface area contributed by atoms with Gasteiger partial charge in [0, 0.05) is 24.2 Å². The Hall–Kier alpha value is -1.86. The van der Waals surface area contributed by atoms with Crippen LogP contribution in [0.5, 0.6) is 0 Å². The fraction of sp³-hybridized carbons (Fsp3) is 0.462. The summed E-state index contributed by atoms with van der Waals surface area (Å²) in [5, 5.41) is 11.1. The van der Waals surface area contributed by atoms with Crippen LogP contribution in [0.25, 0.3) is 0 Å². The summed E-state index contributed by atoms with van der Waals surface area (Å²) in [5.74, 6) is 5.01. The molecule has 0 aliphatic carbocycles. The highest BCUT2D eigenvalue weighted by Crippen LogP contribution is 2.34. The van der Waals surface area contributed by atoms with E-state index in [0.29, 0.717) is 6.54 Å². The molecule has 0 bridgehead atoms. The van der Waals surface area contributed by atoms with Crippen molar-refractivity contribution in [3.05, 3.63) is 32.8 Å². The van der Waals surface area contributed by atoms with Crippen LogP contribution in [0.1, 0.15) is 36.5 Å². The Morgan fingerprint density at radius 2 is 2.24 bits per heavy atom. The van der Waals surface area contributed by atoms with Gasteiger partial charge in [0.15, 0.2) is 0 Å². The van der Waals surface area contributed by atoms with E-state index < -0.39 is 4.92 Å². The largest absolute Gasteiger partial charge is 0.336 e. The maximum absolute atomic E-state index is 12.5. The van der Waals surface area contributed by atoms with Crippen molar-refractivity contribution in [1.29, 1.82) is 0 Å². The lowest BCUT2D eigenvalue weighted by atomic mass is 10.0. The van der Waals surface area contributed by atoms with Crippen LogP contribution in [0.15, 0.2) is 12.1 Å². The average molecular weight is 313 g/mol. The van der Waals surface area contributed by atoms with Crippen LogP contribution < -0.4 is 11.3 Å². The smallest absolute Gasteiger partial charge is 0.295 e. The fourth-order valence-electron chi connectivity index (χ4n) is 2.57. The van der Waals surface area contributed by atoms with Crippen molar-refractivity contribution in [2.24, 2.45) is 5.84 Å². The van der Waals surface area contributed by atoms with E-state index in [2.05, 4.69) is 5.43 Å². The van der Waals surface area contributed by atoms with E-state index in [1.807, 2.05) is 6.92 Å². The zero-order valence-corrected chi connectivity index (χ0v) is 12.4. The van der Waals surface area contributed by atoms with Crippen LogP contribution in [0.2, 0.25) is 5.02 Å². The summed E-state index contributed by atoms with van der Waals surface area (Å²) in [6.45, 7) is 2.63. The summed E-state index contributed by atoms with van der Waals surface area (Å²) < 4.78 is 0. The summed E-state index contributed by atoms with van der Waals surface area (Å²) in [5.41, 5.74) is 2.11. The molecule has 21 heavy (non-hydrogen) atoms. The number of benzene rings is 1. The minimum absolute atomic E-state index is 0.00455. The van der Waals surface area contributed by atoms with Gasteiger partial charge < -0.3 is 10.3 Å². The highest BCUT2D eigenvalue weighted by atomic mass is 35.5. The van der Waals surface area contributed by atoms with E-state index in [4.69, 9.17) is 17.4 Å². The first-order valence-corrected chi connectivity index (χ1v) is 7.09. The number of nitrogen functional groups attached to an aromatic ring is 1. The minimum atomic E-state index is -0.614. The van der Waals surface area contributed by atoms with E-state index in [1.54, 1.807) is 4.90 Å². The third-order valence-electron chi connectivity index (χ3n) is 3.72. The lowest BCUT2D eigenvalue weighted by molar-refractivity contribution is -0.384. The summed E-state index contributed by atoms with van der Waals surface area (Å²) in [7, 11) is 0. The number of hydrazine groups is 1. The Balaban J connectivity index is 2.39. The molecule has 1 amide bonds. The molecule has 1 fully saturated rings. The van der Waals surface area contributed by atoms with E-state index in [1.165, 1.54) is 12.1 Å². The molecule has 0 saturated carbocycles. The molecule has 1 aliphatic heterocycles. The third-order valence-corrected chi connectivity index (χ3v) is 4.02. The van der Waals surface area contributed by atoms with E-state index >= 15 is 0 Å². The van der Waals surface area contributed by atoms with Crippen LogP contribution in [0.4, 0.5) is 11.4 Å². The highest BCUT2D eigenvalue weighted by molar-refractivity contribution is 6.34. The van der Waals surface area contributed by atoms with Crippen molar-refractivity contribution in [2.45, 2.75) is 32.2 Å². The Kier molecular flexibility index (Phi) is 4.64. The predicted molar refractivity (Wildman–Crippen MR) is 80.3 cm³/mol. The van der Waals surface area contributed by atoms with Gasteiger partial charge in [-0.05, 0) is 32.3 Å². The standard InChI is InChI=1S/C13H17ClN4O3/c1-8-4-2-3-5-17(8)13(19)9-6-10(14)12(16-15)11(7-9)18(20)21/h6-8,16H,2-5,15H2,1H3. The number of nitrogens with zero attached hydrogens (tertiary/aromatic N) is 2. The van der Waals surface area contributed by atoms with Gasteiger partial charge in [0.2, 0.25) is 0 Å². The normalized spacial score (nSPS) is 18.4. The van der Waals surface area contributed by atoms with E-state index in [-0.39, 0.29) is 33.9 Å². The molecule has 1 saturated heterocycles. The van der Waals surface area contributed by atoms with Gasteiger partial charge in [0.25, 0.3) is 11.6 Å². The van der Waals surface area contributed by atoms with Gasteiger partial charge in [-0.25, -0.2) is 0 Å². The Morgan fingerprint density at radius 3 is 2.81 bits per heavy atom. The first-order valence-electron chi connectivity index (χ1n) is 6.71. The number of anilines is 1. The number of rotatable bonds is 3. The van der Waals surface area contributed by atoms with Gasteiger partial charge in [0.1, 0.15) is 5.69 Å². The second kappa shape index (κ2) is 6.28. The molecule has 0 radical (unpaired) electrons. The average Bonchev–Trinajstić information content (AvgIpc) is 2.46. The zero-order chi connectivity index (χ0) is 15.6. The van der Waals surface area contributed by atoms with Crippen LogP contribution in [0, 0.1) is 10.1 Å². The lowest BCUT2D eigenvalue weighted by Gasteiger charge is -2.33. The molecule has 1 aliphatic rings. The summed E-state index contributed by atoms with van der Waals surface area (Å²) in [6.07, 6.45) is 2.96. The molecule has 1 unspecified atom stereocenters. The number of halogens is 1. The van der Waals surface area contributed by atoms with Crippen molar-refractivity contribution < 1.29 is 9.72 Å². The number of nitrogens with two attached hydrogens (primary N) is 1. The Bertz CT molecular complexity index is 579. The van der Waals surface area contributed by atoms with Crippen LogP contribution in [-0.4, -0.2) is 28.3 Å². The summed E-state index contributed by atoms with van der Waals surface area (Å²) in [4.78, 5) is 24.7. The van der Waals surface area contributed by atoms with Crippen LogP contribution in [-0.2, 0) is 0 Å². The van der Waals surface area contributed by atoms with Gasteiger partial charge >= 0.3 is 0 Å². The highest BCUT2D eigenvalue weighted by Gasteiger charge is 2.27. The van der Waals surface area contributed by atoms with Crippen LogP contribution in [0.3, 0.4) is 0 Å². The second-order valence-corrected chi connectivity index (χ2v) is 5.50. The Morgan fingerprint density at radius 1 is 1.52 bits per heavy atom. The van der Waals surface area contributed by atoms with Gasteiger partial charge in [-0.2, -0.15) is 0 Å². The summed E-state index contributed by atoms with van der Waals surface area (Å²) in [6, 6.07) is 2.74. The van der Waals surface area contributed by atoms with Gasteiger partial charge in [-0.3, -0.25) is 20.8 Å². The molecule has 0 spiro atoms. The van der Waals surface area contributed by atoms with Gasteiger partial charge in [-0.1, -0.05) is 11.6 Å². The van der Waals surface area contributed by atoms with Crippen molar-refractivity contribution in [3.8, 4) is 0 Å². The molecule has 1 aromatic carbocycles. The molecule has 7 nitrogen and oxygen atoms in total. The van der Waals surface area contributed by atoms with E-state index in [0.717, 1.165) is 19.3 Å². The number of carbonyl (C=O) groups excluding carboxylic acids is 1. The predicted octanol–water partition coefficient (Wildman–Crippen LogP) is 2.55. The molecule has 0 aromatic heterocycles. The Labute approximate surface area is 127 Å². The number of carbonyl (C=O) groups is 1. The molecule has 1 heterocycles. The maximum atomic E-state index is 12.5. The first-order chi connectivity index (χ1) is 9.95. The molecular weight excluding hydrogens is 296 g/mol. The SMILES string of the molecule is CC1CCCCN1C(=O)c1cc(Cl)c(NN)c([N+](=O)[O-])c1. The molecule has 2 rings (SSSR count). The van der Waals surface area contributed by atoms with E-state index in [9.17, 15) is 14.9 Å². The number of nitro benzene ring substituents is 1. The molecular formula is C13H17ClN4O3. The number of amides is 1. The molecule has 3 N–H and O–H groups in total. The minimum Gasteiger partial charge on any atom is -0.336 e. The topological polar surface area (TPSA) is 102 Å². The number of hydrogen-bond donors (Lipinski definition) is 2. The van der Waals surface area contributed by atoms with Crippen molar-refractivity contribution in [2.75, 3.05) is 12.0 Å². The van der Waals surface area contributed by atoms with Crippen molar-refractivity contribution in [1.82, 2.24) is 4.90 Å². The number of nitrogens with one attached hydrogen (secondary N) is 1. The third kappa shape index (κ3) is 3.08. The number of nitro groups is 1. The number of piperidine rings is 1. The zero-order valence-electron chi connectivity index (χ0n) is 11.6. The van der Waals surface area contributed by atoms with Gasteiger partial charge in [-0.15, -0.1) is 0 Å². The molecule has 114 valence electrons. The monoisotopic (exact) mass is 312 g/mol. The summed E-state index contributed by atoms with van der Waals surface area (Å²) >= 11 is 5.98. The molecule has 8 heteroatoms. The lowest BCUT2D eigenvalue weighted by Crippen LogP contribution is -2.42.